The number of aromatic nitrogens is 1. The molecule has 0 bridgehead atoms. The molecule has 1 saturated carbocycles. The Kier molecular flexibility index (Phi) is 3.07. The van der Waals surface area contributed by atoms with Gasteiger partial charge in [0, 0.05) is 25.6 Å². The molecule has 1 aliphatic heterocycles. The molecule has 2 fully saturated rings. The summed E-state index contributed by atoms with van der Waals surface area (Å²) in [5, 5.41) is 10.4. The normalized spacial score (nSPS) is 32.9. The van der Waals surface area contributed by atoms with Crippen molar-refractivity contribution in [1.29, 1.82) is 0 Å². The summed E-state index contributed by atoms with van der Waals surface area (Å²) in [6.07, 6.45) is 2.07. The third-order valence-electron chi connectivity index (χ3n) is 4.05. The second-order valence-electron chi connectivity index (χ2n) is 5.21. The van der Waals surface area contributed by atoms with Gasteiger partial charge in [-0.05, 0) is 30.9 Å². The fourth-order valence-corrected chi connectivity index (χ4v) is 3.41. The number of aliphatic hydroxyl groups is 1. The van der Waals surface area contributed by atoms with E-state index in [1.807, 2.05) is 12.1 Å². The lowest BCUT2D eigenvalue weighted by Crippen LogP contribution is -2.24. The number of hydrogen-bond acceptors (Lipinski definition) is 3. The zero-order valence-corrected chi connectivity index (χ0v) is 10.5. The van der Waals surface area contributed by atoms with Crippen LogP contribution in [0.3, 0.4) is 0 Å². The lowest BCUT2D eigenvalue weighted by atomic mass is 10.00. The number of pyridine rings is 1. The molecular weight excluding hydrogens is 236 g/mol. The maximum atomic E-state index is 9.86. The van der Waals surface area contributed by atoms with Crippen molar-refractivity contribution in [1.82, 2.24) is 9.88 Å². The SMILES string of the molecule is OC1CCC2CN(Cc3cccc(Cl)n3)CC12. The molecule has 3 atom stereocenters. The number of hydrogen-bond donors (Lipinski definition) is 1. The molecule has 0 spiro atoms. The Balaban J connectivity index is 1.64. The van der Waals surface area contributed by atoms with Gasteiger partial charge in [-0.1, -0.05) is 17.7 Å². The van der Waals surface area contributed by atoms with E-state index in [-0.39, 0.29) is 6.10 Å². The summed E-state index contributed by atoms with van der Waals surface area (Å²) in [5.74, 6) is 1.17. The van der Waals surface area contributed by atoms with Crippen molar-refractivity contribution in [2.75, 3.05) is 13.1 Å². The van der Waals surface area contributed by atoms with E-state index in [0.29, 0.717) is 17.0 Å². The molecule has 1 saturated heterocycles. The summed E-state index contributed by atoms with van der Waals surface area (Å²) in [7, 11) is 0. The van der Waals surface area contributed by atoms with Gasteiger partial charge in [0.2, 0.25) is 0 Å². The molecule has 0 aromatic carbocycles. The standard InChI is InChI=1S/C13H17ClN2O/c14-13-3-1-2-10(15-13)7-16-6-9-4-5-12(17)11(9)8-16/h1-3,9,11-12,17H,4-8H2. The Labute approximate surface area is 106 Å². The van der Waals surface area contributed by atoms with E-state index in [9.17, 15) is 5.11 Å². The van der Waals surface area contributed by atoms with Crippen molar-refractivity contribution in [2.24, 2.45) is 11.8 Å². The second kappa shape index (κ2) is 4.56. The molecule has 3 unspecified atom stereocenters. The van der Waals surface area contributed by atoms with Crippen LogP contribution in [-0.4, -0.2) is 34.2 Å². The zero-order valence-electron chi connectivity index (χ0n) is 9.72. The Hall–Kier alpha value is -0.640. The van der Waals surface area contributed by atoms with Crippen molar-refractivity contribution in [2.45, 2.75) is 25.5 Å². The van der Waals surface area contributed by atoms with Crippen LogP contribution in [0.5, 0.6) is 0 Å². The third kappa shape index (κ3) is 2.32. The van der Waals surface area contributed by atoms with E-state index in [2.05, 4.69) is 9.88 Å². The third-order valence-corrected chi connectivity index (χ3v) is 4.26. The molecule has 4 heteroatoms. The molecule has 1 aliphatic carbocycles. The van der Waals surface area contributed by atoms with Gasteiger partial charge < -0.3 is 5.11 Å². The van der Waals surface area contributed by atoms with E-state index in [1.165, 1.54) is 6.42 Å². The average Bonchev–Trinajstić information content (AvgIpc) is 2.82. The van der Waals surface area contributed by atoms with Gasteiger partial charge in [0.25, 0.3) is 0 Å². The van der Waals surface area contributed by atoms with Crippen molar-refractivity contribution < 1.29 is 5.11 Å². The van der Waals surface area contributed by atoms with Crippen molar-refractivity contribution >= 4 is 11.6 Å². The Bertz CT molecular complexity index is 412. The lowest BCUT2D eigenvalue weighted by molar-refractivity contribution is 0.123. The molecule has 3 rings (SSSR count). The molecule has 0 amide bonds. The van der Waals surface area contributed by atoms with E-state index in [0.717, 1.165) is 31.7 Å². The van der Waals surface area contributed by atoms with Crippen LogP contribution in [0, 0.1) is 11.8 Å². The number of nitrogens with zero attached hydrogens (tertiary/aromatic N) is 2. The highest BCUT2D eigenvalue weighted by molar-refractivity contribution is 6.29. The summed E-state index contributed by atoms with van der Waals surface area (Å²) in [6, 6.07) is 5.75. The molecule has 2 aliphatic rings. The molecule has 1 aromatic heterocycles. The van der Waals surface area contributed by atoms with Crippen LogP contribution in [0.1, 0.15) is 18.5 Å². The van der Waals surface area contributed by atoms with E-state index < -0.39 is 0 Å². The molecule has 92 valence electrons. The first-order chi connectivity index (χ1) is 8.22. The largest absolute Gasteiger partial charge is 0.393 e. The van der Waals surface area contributed by atoms with Gasteiger partial charge in [0.1, 0.15) is 5.15 Å². The van der Waals surface area contributed by atoms with E-state index in [1.54, 1.807) is 6.07 Å². The number of fused-ring (bicyclic) bond motifs is 1. The number of halogens is 1. The maximum Gasteiger partial charge on any atom is 0.129 e. The molecule has 1 aromatic rings. The summed E-state index contributed by atoms with van der Waals surface area (Å²) in [6.45, 7) is 2.94. The maximum absolute atomic E-state index is 9.86. The van der Waals surface area contributed by atoms with Crippen LogP contribution in [0.4, 0.5) is 0 Å². The smallest absolute Gasteiger partial charge is 0.129 e. The predicted molar refractivity (Wildman–Crippen MR) is 66.7 cm³/mol. The molecule has 1 N–H and O–H groups in total. The molecule has 3 nitrogen and oxygen atoms in total. The predicted octanol–water partition coefficient (Wildman–Crippen LogP) is 1.94. The first-order valence-corrected chi connectivity index (χ1v) is 6.62. The second-order valence-corrected chi connectivity index (χ2v) is 5.60. The van der Waals surface area contributed by atoms with Gasteiger partial charge in [-0.25, -0.2) is 4.98 Å². The van der Waals surface area contributed by atoms with E-state index >= 15 is 0 Å². The van der Waals surface area contributed by atoms with Gasteiger partial charge in [-0.15, -0.1) is 0 Å². The summed E-state index contributed by atoms with van der Waals surface area (Å²) in [5.41, 5.74) is 1.02. The molecular formula is C13H17ClN2O. The Morgan fingerprint density at radius 3 is 3.00 bits per heavy atom. The first kappa shape index (κ1) is 11.5. The minimum atomic E-state index is -0.0858. The number of aliphatic hydroxyl groups excluding tert-OH is 1. The first-order valence-electron chi connectivity index (χ1n) is 6.24. The van der Waals surface area contributed by atoms with Crippen LogP contribution < -0.4 is 0 Å². The summed E-state index contributed by atoms with van der Waals surface area (Å²) in [4.78, 5) is 6.70. The van der Waals surface area contributed by atoms with Crippen molar-refractivity contribution in [3.05, 3.63) is 29.0 Å². The minimum absolute atomic E-state index is 0.0858. The van der Waals surface area contributed by atoms with Gasteiger partial charge in [-0.3, -0.25) is 4.90 Å². The minimum Gasteiger partial charge on any atom is -0.393 e. The highest BCUT2D eigenvalue weighted by Crippen LogP contribution is 2.38. The van der Waals surface area contributed by atoms with Crippen LogP contribution in [0.15, 0.2) is 18.2 Å². The number of likely N-dealkylation sites (tertiary alicyclic amines) is 1. The Morgan fingerprint density at radius 1 is 1.35 bits per heavy atom. The van der Waals surface area contributed by atoms with Crippen molar-refractivity contribution in [3.63, 3.8) is 0 Å². The van der Waals surface area contributed by atoms with E-state index in [4.69, 9.17) is 11.6 Å². The quantitative estimate of drug-likeness (QED) is 0.818. The Morgan fingerprint density at radius 2 is 2.24 bits per heavy atom. The summed E-state index contributed by atoms with van der Waals surface area (Å²) < 4.78 is 0. The monoisotopic (exact) mass is 252 g/mol. The highest BCUT2D eigenvalue weighted by Gasteiger charge is 2.41. The van der Waals surface area contributed by atoms with Crippen LogP contribution >= 0.6 is 11.6 Å². The van der Waals surface area contributed by atoms with Crippen LogP contribution in [0.2, 0.25) is 5.15 Å². The zero-order chi connectivity index (χ0) is 11.8. The summed E-state index contributed by atoms with van der Waals surface area (Å²) >= 11 is 5.88. The molecule has 0 radical (unpaired) electrons. The van der Waals surface area contributed by atoms with Gasteiger partial charge in [0.05, 0.1) is 11.8 Å². The van der Waals surface area contributed by atoms with Gasteiger partial charge >= 0.3 is 0 Å². The lowest BCUT2D eigenvalue weighted by Gasteiger charge is -2.17. The molecule has 17 heavy (non-hydrogen) atoms. The topological polar surface area (TPSA) is 36.4 Å². The highest BCUT2D eigenvalue weighted by atomic mass is 35.5. The van der Waals surface area contributed by atoms with Crippen LogP contribution in [-0.2, 0) is 6.54 Å². The molecule has 2 heterocycles. The average molecular weight is 253 g/mol. The fourth-order valence-electron chi connectivity index (χ4n) is 3.23. The number of rotatable bonds is 2. The van der Waals surface area contributed by atoms with Crippen LogP contribution in [0.25, 0.3) is 0 Å². The van der Waals surface area contributed by atoms with Gasteiger partial charge in [0.15, 0.2) is 0 Å². The van der Waals surface area contributed by atoms with Crippen molar-refractivity contribution in [3.8, 4) is 0 Å². The fraction of sp³-hybridized carbons (Fsp3) is 0.615. The van der Waals surface area contributed by atoms with Gasteiger partial charge in [-0.2, -0.15) is 0 Å².